The van der Waals surface area contributed by atoms with E-state index in [2.05, 4.69) is 18.8 Å². The second-order valence-corrected chi connectivity index (χ2v) is 4.56. The van der Waals surface area contributed by atoms with Gasteiger partial charge < -0.3 is 4.42 Å². The van der Waals surface area contributed by atoms with Gasteiger partial charge in [-0.25, -0.2) is 4.98 Å². The topological polar surface area (TPSA) is 26.0 Å². The Morgan fingerprint density at radius 3 is 2.31 bits per heavy atom. The Morgan fingerprint density at radius 1 is 1.19 bits per heavy atom. The molecule has 1 aromatic heterocycles. The van der Waals surface area contributed by atoms with E-state index < -0.39 is 0 Å². The third kappa shape index (κ3) is 2.12. The predicted octanol–water partition coefficient (Wildman–Crippen LogP) is 4.43. The number of benzene rings is 1. The van der Waals surface area contributed by atoms with Crippen molar-refractivity contribution in [1.82, 2.24) is 4.98 Å². The molecule has 0 saturated heterocycles. The minimum Gasteiger partial charge on any atom is -0.441 e. The SMILES string of the molecule is Cc1oc(-c2ccc(Cl)cc2)nc1C(C)C. The quantitative estimate of drug-likeness (QED) is 0.770. The van der Waals surface area contributed by atoms with Gasteiger partial charge in [0.05, 0.1) is 5.69 Å². The Hall–Kier alpha value is -1.28. The van der Waals surface area contributed by atoms with Crippen LogP contribution in [0.4, 0.5) is 0 Å². The van der Waals surface area contributed by atoms with Gasteiger partial charge in [0, 0.05) is 10.6 Å². The van der Waals surface area contributed by atoms with Gasteiger partial charge >= 0.3 is 0 Å². The van der Waals surface area contributed by atoms with Gasteiger partial charge in [-0.3, -0.25) is 0 Å². The second kappa shape index (κ2) is 4.30. The standard InChI is InChI=1S/C13H14ClNO/c1-8(2)12-9(3)16-13(15-12)10-4-6-11(14)7-5-10/h4-8H,1-3H3. The molecule has 0 spiro atoms. The van der Waals surface area contributed by atoms with Gasteiger partial charge in [0.1, 0.15) is 5.76 Å². The first-order valence-corrected chi connectivity index (χ1v) is 5.69. The normalized spacial score (nSPS) is 11.1. The first-order chi connectivity index (χ1) is 7.58. The van der Waals surface area contributed by atoms with Crippen LogP contribution < -0.4 is 0 Å². The van der Waals surface area contributed by atoms with Crippen molar-refractivity contribution >= 4 is 11.6 Å². The molecule has 1 aromatic carbocycles. The zero-order chi connectivity index (χ0) is 11.7. The smallest absolute Gasteiger partial charge is 0.226 e. The second-order valence-electron chi connectivity index (χ2n) is 4.12. The summed E-state index contributed by atoms with van der Waals surface area (Å²) in [7, 11) is 0. The van der Waals surface area contributed by atoms with Gasteiger partial charge in [0.15, 0.2) is 0 Å². The summed E-state index contributed by atoms with van der Waals surface area (Å²) < 4.78 is 5.65. The highest BCUT2D eigenvalue weighted by Crippen LogP contribution is 2.26. The van der Waals surface area contributed by atoms with Gasteiger partial charge in [-0.05, 0) is 37.1 Å². The molecule has 1 heterocycles. The maximum Gasteiger partial charge on any atom is 0.226 e. The molecule has 16 heavy (non-hydrogen) atoms. The van der Waals surface area contributed by atoms with Gasteiger partial charge in [0.2, 0.25) is 5.89 Å². The monoisotopic (exact) mass is 235 g/mol. The molecule has 0 amide bonds. The zero-order valence-corrected chi connectivity index (χ0v) is 10.4. The number of nitrogens with zero attached hydrogens (tertiary/aromatic N) is 1. The largest absolute Gasteiger partial charge is 0.441 e. The van der Waals surface area contributed by atoms with Gasteiger partial charge in [-0.2, -0.15) is 0 Å². The average molecular weight is 236 g/mol. The number of oxazole rings is 1. The fourth-order valence-corrected chi connectivity index (χ4v) is 1.79. The van der Waals surface area contributed by atoms with E-state index in [0.717, 1.165) is 22.0 Å². The molecule has 0 aliphatic heterocycles. The van der Waals surface area contributed by atoms with E-state index in [9.17, 15) is 0 Å². The van der Waals surface area contributed by atoms with Crippen LogP contribution in [0.3, 0.4) is 0 Å². The average Bonchev–Trinajstić information content (AvgIpc) is 2.61. The lowest BCUT2D eigenvalue weighted by molar-refractivity contribution is 0.537. The fraction of sp³-hybridized carbons (Fsp3) is 0.308. The van der Waals surface area contributed by atoms with Crippen molar-refractivity contribution in [1.29, 1.82) is 0 Å². The molecule has 0 radical (unpaired) electrons. The molecule has 0 saturated carbocycles. The first kappa shape index (κ1) is 11.2. The molecule has 0 aliphatic rings. The summed E-state index contributed by atoms with van der Waals surface area (Å²) in [5.41, 5.74) is 1.98. The van der Waals surface area contributed by atoms with Gasteiger partial charge in [-0.1, -0.05) is 25.4 Å². The van der Waals surface area contributed by atoms with E-state index in [1.165, 1.54) is 0 Å². The van der Waals surface area contributed by atoms with E-state index in [4.69, 9.17) is 16.0 Å². The van der Waals surface area contributed by atoms with Crippen molar-refractivity contribution in [2.24, 2.45) is 0 Å². The van der Waals surface area contributed by atoms with Crippen LogP contribution in [-0.2, 0) is 0 Å². The van der Waals surface area contributed by atoms with E-state index in [1.54, 1.807) is 0 Å². The van der Waals surface area contributed by atoms with Crippen molar-refractivity contribution in [2.45, 2.75) is 26.7 Å². The lowest BCUT2D eigenvalue weighted by Gasteiger charge is -1.97. The summed E-state index contributed by atoms with van der Waals surface area (Å²) in [5.74, 6) is 1.93. The molecule has 0 unspecified atom stereocenters. The maximum atomic E-state index is 5.84. The molecule has 2 rings (SSSR count). The van der Waals surface area contributed by atoms with Crippen molar-refractivity contribution in [3.05, 3.63) is 40.7 Å². The molecular weight excluding hydrogens is 222 g/mol. The van der Waals surface area contributed by atoms with E-state index in [-0.39, 0.29) is 0 Å². The summed E-state index contributed by atoms with van der Waals surface area (Å²) in [6, 6.07) is 7.51. The molecule has 0 aliphatic carbocycles. The van der Waals surface area contributed by atoms with Crippen molar-refractivity contribution in [3.8, 4) is 11.5 Å². The number of hydrogen-bond acceptors (Lipinski definition) is 2. The van der Waals surface area contributed by atoms with Crippen LogP contribution in [0.5, 0.6) is 0 Å². The lowest BCUT2D eigenvalue weighted by atomic mass is 10.1. The van der Waals surface area contributed by atoms with Crippen LogP contribution >= 0.6 is 11.6 Å². The van der Waals surface area contributed by atoms with Crippen LogP contribution in [0.2, 0.25) is 5.02 Å². The summed E-state index contributed by atoms with van der Waals surface area (Å²) in [4.78, 5) is 4.50. The van der Waals surface area contributed by atoms with Crippen LogP contribution in [0.25, 0.3) is 11.5 Å². The fourth-order valence-electron chi connectivity index (χ4n) is 1.66. The van der Waals surface area contributed by atoms with Gasteiger partial charge in [0.25, 0.3) is 0 Å². The lowest BCUT2D eigenvalue weighted by Crippen LogP contribution is -1.89. The van der Waals surface area contributed by atoms with E-state index in [1.807, 2.05) is 31.2 Å². The summed E-state index contributed by atoms with van der Waals surface area (Å²) >= 11 is 5.84. The number of hydrogen-bond donors (Lipinski definition) is 0. The maximum absolute atomic E-state index is 5.84. The first-order valence-electron chi connectivity index (χ1n) is 5.31. The van der Waals surface area contributed by atoms with Crippen molar-refractivity contribution in [3.63, 3.8) is 0 Å². The molecule has 84 valence electrons. The molecule has 2 aromatic rings. The number of halogens is 1. The Balaban J connectivity index is 2.41. The highest BCUT2D eigenvalue weighted by molar-refractivity contribution is 6.30. The summed E-state index contributed by atoms with van der Waals surface area (Å²) in [6.45, 7) is 6.16. The van der Waals surface area contributed by atoms with E-state index in [0.29, 0.717) is 11.8 Å². The third-order valence-electron chi connectivity index (χ3n) is 2.47. The molecule has 2 nitrogen and oxygen atoms in total. The molecule has 0 N–H and O–H groups in total. The Labute approximate surface area is 100 Å². The van der Waals surface area contributed by atoms with Crippen molar-refractivity contribution < 1.29 is 4.42 Å². The van der Waals surface area contributed by atoms with Crippen LogP contribution in [0.1, 0.15) is 31.2 Å². The van der Waals surface area contributed by atoms with Gasteiger partial charge in [-0.15, -0.1) is 0 Å². The van der Waals surface area contributed by atoms with Crippen molar-refractivity contribution in [2.75, 3.05) is 0 Å². The Kier molecular flexibility index (Phi) is 3.01. The van der Waals surface area contributed by atoms with Crippen LogP contribution in [0.15, 0.2) is 28.7 Å². The number of aromatic nitrogens is 1. The summed E-state index contributed by atoms with van der Waals surface area (Å²) in [5, 5.41) is 0.719. The molecule has 0 atom stereocenters. The van der Waals surface area contributed by atoms with Crippen LogP contribution in [0, 0.1) is 6.92 Å². The van der Waals surface area contributed by atoms with Crippen LogP contribution in [-0.4, -0.2) is 4.98 Å². The number of aryl methyl sites for hydroxylation is 1. The van der Waals surface area contributed by atoms with E-state index >= 15 is 0 Å². The minimum absolute atomic E-state index is 0.379. The molecule has 0 fully saturated rings. The molecule has 3 heteroatoms. The Morgan fingerprint density at radius 2 is 1.81 bits per heavy atom. The number of rotatable bonds is 2. The zero-order valence-electron chi connectivity index (χ0n) is 9.62. The minimum atomic E-state index is 0.379. The molecule has 0 bridgehead atoms. The highest BCUT2D eigenvalue weighted by atomic mass is 35.5. The summed E-state index contributed by atoms with van der Waals surface area (Å²) in [6.07, 6.45) is 0. The highest BCUT2D eigenvalue weighted by Gasteiger charge is 2.13. The predicted molar refractivity (Wildman–Crippen MR) is 65.8 cm³/mol. The molecular formula is C13H14ClNO. The third-order valence-corrected chi connectivity index (χ3v) is 2.72. The Bertz CT molecular complexity index is 485.